The minimum absolute atomic E-state index is 0.0246. The van der Waals surface area contributed by atoms with Gasteiger partial charge in [0.05, 0.1) is 18.9 Å². The lowest BCUT2D eigenvalue weighted by atomic mass is 9.56. The lowest BCUT2D eigenvalue weighted by Gasteiger charge is -2.50. The number of aromatic hydroxyl groups is 1. The number of carbonyl (C=O) groups excluding carboxylic acids is 4. The molecule has 2 saturated heterocycles. The van der Waals surface area contributed by atoms with Crippen molar-refractivity contribution in [3.8, 4) is 11.5 Å². The van der Waals surface area contributed by atoms with Gasteiger partial charge in [-0.25, -0.2) is 0 Å². The summed E-state index contributed by atoms with van der Waals surface area (Å²) in [5.74, 6) is -4.11. The summed E-state index contributed by atoms with van der Waals surface area (Å²) in [5, 5.41) is 10.2. The van der Waals surface area contributed by atoms with Gasteiger partial charge in [-0.05, 0) is 49.3 Å². The highest BCUT2D eigenvalue weighted by Gasteiger charge is 2.76. The Morgan fingerprint density at radius 2 is 1.71 bits per heavy atom. The number of imide groups is 2. The van der Waals surface area contributed by atoms with E-state index >= 15 is 0 Å². The Labute approximate surface area is 230 Å². The van der Waals surface area contributed by atoms with E-state index in [1.165, 1.54) is 25.1 Å². The molecule has 10 heteroatoms. The van der Waals surface area contributed by atoms with Gasteiger partial charge >= 0.3 is 0 Å². The van der Waals surface area contributed by atoms with Gasteiger partial charge in [0.25, 0.3) is 11.8 Å². The molecule has 4 fully saturated rings. The van der Waals surface area contributed by atoms with Crippen LogP contribution in [-0.2, 0) is 19.2 Å². The number of allylic oxidation sites excluding steroid dienone is 2. The van der Waals surface area contributed by atoms with Crippen LogP contribution >= 0.6 is 23.2 Å². The number of halogens is 2. The van der Waals surface area contributed by atoms with Gasteiger partial charge in [0.1, 0.15) is 0 Å². The molecule has 2 aliphatic heterocycles. The number of amides is 4. The third-order valence-corrected chi connectivity index (χ3v) is 10.9. The number of ether oxygens (including phenoxy) is 1. The van der Waals surface area contributed by atoms with E-state index in [-0.39, 0.29) is 35.8 Å². The first-order chi connectivity index (χ1) is 18.1. The molecule has 6 rings (SSSR count). The number of carbonyl (C=O) groups is 4. The number of benzene rings is 1. The first-order valence-corrected chi connectivity index (χ1v) is 14.0. The average molecular weight is 561 g/mol. The maximum absolute atomic E-state index is 14.0. The summed E-state index contributed by atoms with van der Waals surface area (Å²) >= 11 is 14.3. The standard InChI is InChI=1S/C28H30Cl2N2O6/c1-31-25(36)27(29)13-18-16(22(28(27,30)26(31)37)14-8-11-19(33)20(12-14)38-2)9-10-17-21(18)24(35)32(23(17)34)15-6-4-3-5-7-15/h8-9,11-12,15,17-18,21-22,33H,3-7,10,13H2,1-2H3/t17-,18+,21-,22-,27+,28-/m0/s1. The maximum atomic E-state index is 14.0. The van der Waals surface area contributed by atoms with E-state index in [1.807, 2.05) is 6.08 Å². The molecule has 2 saturated carbocycles. The molecule has 0 bridgehead atoms. The molecule has 0 radical (unpaired) electrons. The number of phenolic OH excluding ortho intramolecular Hbond substituents is 1. The number of alkyl halides is 2. The van der Waals surface area contributed by atoms with E-state index in [9.17, 15) is 24.3 Å². The van der Waals surface area contributed by atoms with Crippen LogP contribution < -0.4 is 4.74 Å². The van der Waals surface area contributed by atoms with Crippen LogP contribution in [0.25, 0.3) is 0 Å². The fourth-order valence-corrected chi connectivity index (χ4v) is 8.73. The number of rotatable bonds is 3. The van der Waals surface area contributed by atoms with Gasteiger partial charge in [-0.1, -0.05) is 37.0 Å². The second-order valence-electron chi connectivity index (χ2n) is 11.3. The lowest BCUT2D eigenvalue weighted by molar-refractivity contribution is -0.144. The molecule has 1 aromatic carbocycles. The highest BCUT2D eigenvalue weighted by molar-refractivity contribution is 6.53. The molecule has 1 N–H and O–H groups in total. The Balaban J connectivity index is 1.50. The van der Waals surface area contributed by atoms with Crippen LogP contribution in [0.5, 0.6) is 11.5 Å². The highest BCUT2D eigenvalue weighted by Crippen LogP contribution is 2.65. The molecular formula is C28H30Cl2N2O6. The smallest absolute Gasteiger partial charge is 0.253 e. The number of nitrogens with zero attached hydrogens (tertiary/aromatic N) is 2. The van der Waals surface area contributed by atoms with Gasteiger partial charge in [-0.3, -0.25) is 29.0 Å². The summed E-state index contributed by atoms with van der Waals surface area (Å²) in [7, 11) is 2.78. The Kier molecular flexibility index (Phi) is 5.89. The molecule has 1 aromatic rings. The molecule has 0 unspecified atom stereocenters. The monoisotopic (exact) mass is 560 g/mol. The van der Waals surface area contributed by atoms with Crippen LogP contribution in [0.1, 0.15) is 56.4 Å². The quantitative estimate of drug-likeness (QED) is 0.343. The first kappa shape index (κ1) is 25.7. The Morgan fingerprint density at radius 1 is 1.00 bits per heavy atom. The number of hydrogen-bond acceptors (Lipinski definition) is 6. The fourth-order valence-electron chi connectivity index (χ4n) is 7.72. The average Bonchev–Trinajstić information content (AvgIpc) is 3.24. The Bertz CT molecular complexity index is 1290. The van der Waals surface area contributed by atoms with Gasteiger partial charge in [0.15, 0.2) is 21.2 Å². The van der Waals surface area contributed by atoms with Crippen molar-refractivity contribution in [2.24, 2.45) is 17.8 Å². The highest BCUT2D eigenvalue weighted by atomic mass is 35.5. The Morgan fingerprint density at radius 3 is 2.39 bits per heavy atom. The van der Waals surface area contributed by atoms with E-state index in [0.29, 0.717) is 12.0 Å². The zero-order chi connectivity index (χ0) is 27.1. The maximum Gasteiger partial charge on any atom is 0.253 e. The minimum Gasteiger partial charge on any atom is -0.504 e. The van der Waals surface area contributed by atoms with Crippen LogP contribution in [-0.4, -0.2) is 68.5 Å². The van der Waals surface area contributed by atoms with E-state index in [1.54, 1.807) is 12.1 Å². The van der Waals surface area contributed by atoms with E-state index in [4.69, 9.17) is 27.9 Å². The number of likely N-dealkylation sites (tertiary alicyclic amines) is 2. The normalized spacial score (nSPS) is 37.2. The predicted octanol–water partition coefficient (Wildman–Crippen LogP) is 3.72. The van der Waals surface area contributed by atoms with Crippen LogP contribution in [0, 0.1) is 17.8 Å². The van der Waals surface area contributed by atoms with Crippen LogP contribution in [0.3, 0.4) is 0 Å². The van der Waals surface area contributed by atoms with E-state index < -0.39 is 45.2 Å². The van der Waals surface area contributed by atoms with Crippen molar-refractivity contribution in [3.63, 3.8) is 0 Å². The molecule has 0 spiro atoms. The van der Waals surface area contributed by atoms with Crippen molar-refractivity contribution in [2.75, 3.05) is 14.2 Å². The SMILES string of the molecule is COc1cc([C@H]2C3=CC[C@@H]4C(=O)N(C5CCCCC5)C(=O)[C@@H]4[C@@H]3C[C@@]3(Cl)C(=O)N(C)C(=O)[C@@]23Cl)ccc1O. The van der Waals surface area contributed by atoms with Crippen molar-refractivity contribution in [3.05, 3.63) is 35.4 Å². The molecule has 6 atom stereocenters. The van der Waals surface area contributed by atoms with Crippen LogP contribution in [0.2, 0.25) is 0 Å². The summed E-state index contributed by atoms with van der Waals surface area (Å²) in [4.78, 5) is 53.4. The van der Waals surface area contributed by atoms with E-state index in [0.717, 1.165) is 42.6 Å². The summed E-state index contributed by atoms with van der Waals surface area (Å²) in [6, 6.07) is 4.56. The first-order valence-electron chi connectivity index (χ1n) is 13.2. The molecular weight excluding hydrogens is 531 g/mol. The molecule has 8 nitrogen and oxygen atoms in total. The molecule has 2 heterocycles. The van der Waals surface area contributed by atoms with Crippen molar-refractivity contribution >= 4 is 46.8 Å². The Hall–Kier alpha value is -2.58. The summed E-state index contributed by atoms with van der Waals surface area (Å²) in [6.45, 7) is 0. The van der Waals surface area contributed by atoms with Gasteiger partial charge in [0.2, 0.25) is 11.8 Å². The summed E-state index contributed by atoms with van der Waals surface area (Å²) < 4.78 is 5.32. The number of fused-ring (bicyclic) bond motifs is 4. The second kappa shape index (κ2) is 8.71. The van der Waals surface area contributed by atoms with Crippen molar-refractivity contribution < 1.29 is 29.0 Å². The van der Waals surface area contributed by atoms with Gasteiger partial charge < -0.3 is 9.84 Å². The zero-order valence-corrected chi connectivity index (χ0v) is 22.8. The number of hydrogen-bond donors (Lipinski definition) is 1. The van der Waals surface area contributed by atoms with Gasteiger partial charge in [-0.15, -0.1) is 23.2 Å². The van der Waals surface area contributed by atoms with Gasteiger partial charge in [-0.2, -0.15) is 0 Å². The topological polar surface area (TPSA) is 104 Å². The minimum atomic E-state index is -1.85. The molecule has 0 aromatic heterocycles. The van der Waals surface area contributed by atoms with Crippen LogP contribution in [0.4, 0.5) is 0 Å². The van der Waals surface area contributed by atoms with Crippen molar-refractivity contribution in [2.45, 2.75) is 66.7 Å². The van der Waals surface area contributed by atoms with E-state index in [2.05, 4.69) is 0 Å². The number of methoxy groups -OCH3 is 1. The molecule has 5 aliphatic rings. The number of phenols is 1. The van der Waals surface area contributed by atoms with Crippen molar-refractivity contribution in [1.29, 1.82) is 0 Å². The molecule has 38 heavy (non-hydrogen) atoms. The third-order valence-electron chi connectivity index (χ3n) is 9.53. The molecule has 4 amide bonds. The fraction of sp³-hybridized carbons (Fsp3) is 0.571. The van der Waals surface area contributed by atoms with Crippen molar-refractivity contribution in [1.82, 2.24) is 9.80 Å². The summed E-state index contributed by atoms with van der Waals surface area (Å²) in [6.07, 6.45) is 6.91. The lowest BCUT2D eigenvalue weighted by Crippen LogP contribution is -2.60. The molecule has 3 aliphatic carbocycles. The molecule has 202 valence electrons. The third kappa shape index (κ3) is 3.16. The van der Waals surface area contributed by atoms with Crippen LogP contribution in [0.15, 0.2) is 29.8 Å². The zero-order valence-electron chi connectivity index (χ0n) is 21.3. The summed E-state index contributed by atoms with van der Waals surface area (Å²) in [5.41, 5.74) is 1.26. The van der Waals surface area contributed by atoms with Gasteiger partial charge in [0, 0.05) is 19.0 Å². The largest absolute Gasteiger partial charge is 0.504 e. The predicted molar refractivity (Wildman–Crippen MR) is 139 cm³/mol. The second-order valence-corrected chi connectivity index (χ2v) is 12.5.